The van der Waals surface area contributed by atoms with Crippen molar-refractivity contribution in [1.82, 2.24) is 19.5 Å². The summed E-state index contributed by atoms with van der Waals surface area (Å²) in [6.45, 7) is 1.95. The molecule has 4 aromatic rings. The van der Waals surface area contributed by atoms with Gasteiger partial charge in [-0.1, -0.05) is 12.1 Å². The molecule has 4 rings (SSSR count). The summed E-state index contributed by atoms with van der Waals surface area (Å²) in [7, 11) is -2.86. The van der Waals surface area contributed by atoms with E-state index in [2.05, 4.69) is 15.0 Å². The van der Waals surface area contributed by atoms with E-state index in [9.17, 15) is 19.3 Å². The van der Waals surface area contributed by atoms with Crippen LogP contribution in [0.2, 0.25) is 0 Å². The molecule has 2 aromatic carbocycles. The number of carbonyl (C=O) groups excluding carboxylic acids is 1. The molecule has 0 bridgehead atoms. The fraction of sp³-hybridized carbons (Fsp3) is 0.238. The Bertz CT molecular complexity index is 1370. The summed E-state index contributed by atoms with van der Waals surface area (Å²) in [5.74, 6) is -3.08. The normalized spacial score (nSPS) is 14.0. The first-order chi connectivity index (χ1) is 15.0. The zero-order valence-corrected chi connectivity index (χ0v) is 18.2. The average molecular weight is 456 g/mol. The van der Waals surface area contributed by atoms with Crippen LogP contribution in [0.5, 0.6) is 0 Å². The number of fused-ring (bicyclic) bond motifs is 2. The third-order valence-corrected chi connectivity index (χ3v) is 6.28. The maximum absolute atomic E-state index is 12.7. The van der Waals surface area contributed by atoms with Crippen molar-refractivity contribution in [2.24, 2.45) is 13.0 Å². The maximum atomic E-state index is 12.7. The van der Waals surface area contributed by atoms with E-state index in [0.29, 0.717) is 11.3 Å². The summed E-state index contributed by atoms with van der Waals surface area (Å²) in [5.41, 5.74) is 2.97. The van der Waals surface area contributed by atoms with Gasteiger partial charge in [0.05, 0.1) is 34.1 Å². The molecule has 0 fully saturated rings. The van der Waals surface area contributed by atoms with E-state index in [1.165, 1.54) is 12.1 Å². The standard InChI is InChI=1S/C21H21N4O6P/c1-11(19-22-14-5-3-4-6-15(14)23-19)20-24-16-9-12(7-8-17(16)25(20)2)18(26)13(21(27)28)10-32(29,30)31/h3-9,11,13H,10H2,1-2H3,(H,22,23)(H,27,28)(H2,29,30,31). The average Bonchev–Trinajstić information content (AvgIpc) is 3.31. The van der Waals surface area contributed by atoms with Gasteiger partial charge in [-0.2, -0.15) is 0 Å². The van der Waals surface area contributed by atoms with Crippen LogP contribution in [0.4, 0.5) is 0 Å². The molecule has 0 spiro atoms. The first-order valence-electron chi connectivity index (χ1n) is 9.78. The van der Waals surface area contributed by atoms with Crippen LogP contribution in [0.3, 0.4) is 0 Å². The summed E-state index contributed by atoms with van der Waals surface area (Å²) in [5, 5.41) is 9.29. The van der Waals surface area contributed by atoms with Gasteiger partial charge in [0.2, 0.25) is 0 Å². The molecule has 2 atom stereocenters. The summed E-state index contributed by atoms with van der Waals surface area (Å²) in [6, 6.07) is 12.2. The van der Waals surface area contributed by atoms with Crippen LogP contribution in [0.1, 0.15) is 34.8 Å². The number of nitrogens with zero attached hydrogens (tertiary/aromatic N) is 3. The van der Waals surface area contributed by atoms with Crippen molar-refractivity contribution in [3.63, 3.8) is 0 Å². The van der Waals surface area contributed by atoms with Crippen LogP contribution in [0.15, 0.2) is 42.5 Å². The number of nitrogens with one attached hydrogen (secondary N) is 1. The van der Waals surface area contributed by atoms with Crippen molar-refractivity contribution in [3.05, 3.63) is 59.7 Å². The quantitative estimate of drug-likeness (QED) is 0.188. The molecule has 0 amide bonds. The summed E-state index contributed by atoms with van der Waals surface area (Å²) >= 11 is 0. The Morgan fingerprint density at radius 1 is 1.12 bits per heavy atom. The minimum Gasteiger partial charge on any atom is -0.481 e. The van der Waals surface area contributed by atoms with E-state index in [1.807, 2.05) is 42.8 Å². The van der Waals surface area contributed by atoms with Crippen LogP contribution in [0, 0.1) is 5.92 Å². The van der Waals surface area contributed by atoms with Gasteiger partial charge in [-0.15, -0.1) is 0 Å². The SMILES string of the molecule is CC(c1nc2ccccc2[nH]1)c1nc2cc(C(=O)C(CP(=O)(O)O)C(=O)O)ccc2n1C. The molecule has 0 aliphatic heterocycles. The number of para-hydroxylation sites is 2. The molecule has 0 saturated heterocycles. The van der Waals surface area contributed by atoms with Gasteiger partial charge < -0.3 is 24.4 Å². The van der Waals surface area contributed by atoms with Crippen molar-refractivity contribution in [1.29, 1.82) is 0 Å². The molecule has 0 saturated carbocycles. The van der Waals surface area contributed by atoms with Crippen LogP contribution in [0.25, 0.3) is 22.1 Å². The summed E-state index contributed by atoms with van der Waals surface area (Å²) in [6.07, 6.45) is -1.06. The van der Waals surface area contributed by atoms with Gasteiger partial charge in [-0.05, 0) is 37.3 Å². The third kappa shape index (κ3) is 4.08. The molecule has 2 heterocycles. The number of aromatic amines is 1. The van der Waals surface area contributed by atoms with E-state index < -0.39 is 31.4 Å². The number of ketones is 1. The van der Waals surface area contributed by atoms with Gasteiger partial charge in [0.25, 0.3) is 0 Å². The van der Waals surface area contributed by atoms with Crippen molar-refractivity contribution in [2.45, 2.75) is 12.8 Å². The molecule has 4 N–H and O–H groups in total. The first-order valence-corrected chi connectivity index (χ1v) is 11.6. The van der Waals surface area contributed by atoms with Gasteiger partial charge in [0, 0.05) is 12.6 Å². The molecular weight excluding hydrogens is 435 g/mol. The highest BCUT2D eigenvalue weighted by Gasteiger charge is 2.34. The van der Waals surface area contributed by atoms with Gasteiger partial charge in [-0.3, -0.25) is 14.2 Å². The lowest BCUT2D eigenvalue weighted by Gasteiger charge is -2.12. The number of rotatable bonds is 7. The summed E-state index contributed by atoms with van der Waals surface area (Å²) in [4.78, 5) is 54.9. The number of aromatic nitrogens is 4. The van der Waals surface area contributed by atoms with E-state index in [1.54, 1.807) is 6.07 Å². The number of carboxylic acid groups (broad SMARTS) is 1. The number of carbonyl (C=O) groups is 2. The molecule has 2 unspecified atom stereocenters. The predicted octanol–water partition coefficient (Wildman–Crippen LogP) is 2.66. The van der Waals surface area contributed by atoms with E-state index in [-0.39, 0.29) is 11.5 Å². The molecule has 32 heavy (non-hydrogen) atoms. The topological polar surface area (TPSA) is 158 Å². The minimum atomic E-state index is -4.69. The minimum absolute atomic E-state index is 0.0272. The second-order valence-electron chi connectivity index (χ2n) is 7.70. The van der Waals surface area contributed by atoms with Gasteiger partial charge in [0.15, 0.2) is 5.78 Å². The first kappa shape index (κ1) is 21.9. The number of Topliss-reactive ketones (excluding diaryl/α,β-unsaturated/α-hetero) is 1. The Balaban J connectivity index is 1.70. The highest BCUT2D eigenvalue weighted by Crippen LogP contribution is 2.38. The van der Waals surface area contributed by atoms with Crippen LogP contribution in [-0.2, 0) is 16.4 Å². The monoisotopic (exact) mass is 456 g/mol. The molecular formula is C21H21N4O6P. The van der Waals surface area contributed by atoms with Gasteiger partial charge >= 0.3 is 13.6 Å². The fourth-order valence-electron chi connectivity index (χ4n) is 3.77. The molecule has 2 aromatic heterocycles. The highest BCUT2D eigenvalue weighted by molar-refractivity contribution is 7.51. The van der Waals surface area contributed by atoms with E-state index in [0.717, 1.165) is 22.4 Å². The van der Waals surface area contributed by atoms with Crippen molar-refractivity contribution in [3.8, 4) is 0 Å². The molecule has 0 aliphatic rings. The smallest absolute Gasteiger partial charge is 0.326 e. The van der Waals surface area contributed by atoms with Crippen LogP contribution in [-0.4, -0.2) is 52.3 Å². The number of hydrogen-bond donors (Lipinski definition) is 4. The lowest BCUT2D eigenvalue weighted by molar-refractivity contribution is -0.139. The van der Waals surface area contributed by atoms with Crippen molar-refractivity contribution < 1.29 is 29.0 Å². The summed E-state index contributed by atoms with van der Waals surface area (Å²) < 4.78 is 13.1. The molecule has 10 nitrogen and oxygen atoms in total. The molecule has 0 radical (unpaired) electrons. The van der Waals surface area contributed by atoms with Crippen LogP contribution < -0.4 is 0 Å². The fourth-order valence-corrected chi connectivity index (χ4v) is 4.57. The number of H-pyrrole nitrogens is 1. The van der Waals surface area contributed by atoms with Gasteiger partial charge in [0.1, 0.15) is 17.6 Å². The zero-order chi connectivity index (χ0) is 23.2. The Hall–Kier alpha value is -3.33. The Labute approximate surface area is 182 Å². The second kappa shape index (κ2) is 7.98. The molecule has 0 aliphatic carbocycles. The number of benzene rings is 2. The lowest BCUT2D eigenvalue weighted by Crippen LogP contribution is -2.27. The van der Waals surface area contributed by atoms with Gasteiger partial charge in [-0.25, -0.2) is 9.97 Å². The largest absolute Gasteiger partial charge is 0.481 e. The second-order valence-corrected chi connectivity index (χ2v) is 9.39. The Kier molecular flexibility index (Phi) is 5.46. The van der Waals surface area contributed by atoms with E-state index in [4.69, 9.17) is 9.79 Å². The third-order valence-electron chi connectivity index (χ3n) is 5.44. The zero-order valence-electron chi connectivity index (χ0n) is 17.3. The lowest BCUT2D eigenvalue weighted by atomic mass is 9.99. The molecule has 166 valence electrons. The predicted molar refractivity (Wildman–Crippen MR) is 117 cm³/mol. The van der Waals surface area contributed by atoms with E-state index >= 15 is 0 Å². The Morgan fingerprint density at radius 3 is 2.50 bits per heavy atom. The van der Waals surface area contributed by atoms with Crippen molar-refractivity contribution in [2.75, 3.05) is 6.16 Å². The maximum Gasteiger partial charge on any atom is 0.326 e. The van der Waals surface area contributed by atoms with Crippen LogP contribution >= 0.6 is 7.60 Å². The number of aryl methyl sites for hydroxylation is 1. The molecule has 11 heteroatoms. The number of aliphatic carboxylic acids is 1. The highest BCUT2D eigenvalue weighted by atomic mass is 31.2. The number of carboxylic acids is 1. The van der Waals surface area contributed by atoms with Crippen molar-refractivity contribution >= 4 is 41.4 Å². The Morgan fingerprint density at radius 2 is 1.84 bits per heavy atom. The number of hydrogen-bond acceptors (Lipinski definition) is 5. The number of imidazole rings is 2.